The van der Waals surface area contributed by atoms with Crippen LogP contribution in [0.2, 0.25) is 0 Å². The number of fused-ring (bicyclic) bond motifs is 2. The minimum Gasteiger partial charge on any atom is -0.351 e. The van der Waals surface area contributed by atoms with E-state index in [1.54, 1.807) is 0 Å². The molecule has 0 fully saturated rings. The Bertz CT molecular complexity index is 1100. The summed E-state index contributed by atoms with van der Waals surface area (Å²) >= 11 is 0. The quantitative estimate of drug-likeness (QED) is 0.606. The molecular weight excluding hydrogens is 324 g/mol. The van der Waals surface area contributed by atoms with Crippen LogP contribution in [0.1, 0.15) is 36.1 Å². The normalized spacial score (nSPS) is 11.5. The van der Waals surface area contributed by atoms with Crippen LogP contribution in [0.15, 0.2) is 54.7 Å². The molecule has 2 aromatic heterocycles. The van der Waals surface area contributed by atoms with Crippen molar-refractivity contribution in [2.45, 2.75) is 26.4 Å². The van der Waals surface area contributed by atoms with E-state index < -0.39 is 0 Å². The molecule has 2 heterocycles. The van der Waals surface area contributed by atoms with Crippen LogP contribution in [-0.2, 0) is 13.6 Å². The van der Waals surface area contributed by atoms with E-state index >= 15 is 0 Å². The van der Waals surface area contributed by atoms with Gasteiger partial charge in [-0.1, -0.05) is 18.2 Å². The van der Waals surface area contributed by atoms with Crippen LogP contribution >= 0.6 is 0 Å². The summed E-state index contributed by atoms with van der Waals surface area (Å²) in [6.07, 6.45) is 1.97. The maximum atomic E-state index is 12.8. The van der Waals surface area contributed by atoms with Gasteiger partial charge in [-0.15, -0.1) is 0 Å². The topological polar surface area (TPSA) is 51.9 Å². The van der Waals surface area contributed by atoms with Gasteiger partial charge in [-0.2, -0.15) is 0 Å². The number of nitrogens with zero attached hydrogens (tertiary/aromatic N) is 3. The smallest absolute Gasteiger partial charge is 0.252 e. The SMILES string of the molecule is CC(C)n1c(CNC(=O)c2cccc3c2ccn3C)nc2ccccc21. The number of hydrogen-bond donors (Lipinski definition) is 1. The molecule has 0 aliphatic rings. The summed E-state index contributed by atoms with van der Waals surface area (Å²) in [6, 6.07) is 16.1. The lowest BCUT2D eigenvalue weighted by atomic mass is 10.1. The number of carbonyl (C=O) groups excluding carboxylic acids is 1. The Morgan fingerprint density at radius 3 is 2.65 bits per heavy atom. The molecule has 0 aliphatic carbocycles. The molecule has 4 rings (SSSR count). The molecule has 0 aliphatic heterocycles. The highest BCUT2D eigenvalue weighted by molar-refractivity contribution is 6.06. The van der Waals surface area contributed by atoms with Crippen LogP contribution in [0.5, 0.6) is 0 Å². The van der Waals surface area contributed by atoms with Gasteiger partial charge < -0.3 is 14.5 Å². The molecule has 1 N–H and O–H groups in total. The minimum atomic E-state index is -0.0795. The molecule has 4 aromatic rings. The number of nitrogens with one attached hydrogen (secondary N) is 1. The Hall–Kier alpha value is -3.08. The third-order valence-electron chi connectivity index (χ3n) is 4.76. The lowest BCUT2D eigenvalue weighted by Crippen LogP contribution is -2.25. The highest BCUT2D eigenvalue weighted by Crippen LogP contribution is 2.22. The Kier molecular flexibility index (Phi) is 3.99. The van der Waals surface area contributed by atoms with Crippen LogP contribution in [0, 0.1) is 0 Å². The van der Waals surface area contributed by atoms with Gasteiger partial charge in [-0.3, -0.25) is 4.79 Å². The average Bonchev–Trinajstić information content (AvgIpc) is 3.20. The summed E-state index contributed by atoms with van der Waals surface area (Å²) < 4.78 is 4.20. The summed E-state index contributed by atoms with van der Waals surface area (Å²) in [7, 11) is 1.98. The van der Waals surface area contributed by atoms with Crippen molar-refractivity contribution >= 4 is 27.8 Å². The van der Waals surface area contributed by atoms with Gasteiger partial charge in [0.05, 0.1) is 17.6 Å². The standard InChI is InChI=1S/C21H22N4O/c1-14(2)25-19-9-5-4-8-17(19)23-20(25)13-22-21(26)16-7-6-10-18-15(16)11-12-24(18)3/h4-12,14H,13H2,1-3H3,(H,22,26). The van der Waals surface area contributed by atoms with Gasteiger partial charge >= 0.3 is 0 Å². The van der Waals surface area contributed by atoms with Crippen LogP contribution in [0.3, 0.4) is 0 Å². The number of carbonyl (C=O) groups is 1. The summed E-state index contributed by atoms with van der Waals surface area (Å²) in [6.45, 7) is 4.66. The maximum Gasteiger partial charge on any atom is 0.252 e. The molecule has 5 nitrogen and oxygen atoms in total. The second kappa shape index (κ2) is 6.33. The lowest BCUT2D eigenvalue weighted by molar-refractivity contribution is 0.0951. The summed E-state index contributed by atoms with van der Waals surface area (Å²) in [5.74, 6) is 0.791. The van der Waals surface area contributed by atoms with Crippen molar-refractivity contribution in [3.63, 3.8) is 0 Å². The van der Waals surface area contributed by atoms with E-state index in [0.29, 0.717) is 12.1 Å². The van der Waals surface area contributed by atoms with Gasteiger partial charge in [0, 0.05) is 35.8 Å². The van der Waals surface area contributed by atoms with E-state index in [9.17, 15) is 4.79 Å². The Balaban J connectivity index is 1.64. The fourth-order valence-electron chi connectivity index (χ4n) is 3.55. The fraction of sp³-hybridized carbons (Fsp3) is 0.238. The number of hydrogen-bond acceptors (Lipinski definition) is 2. The van der Waals surface area contributed by atoms with Gasteiger partial charge in [0.25, 0.3) is 5.91 Å². The Labute approximate surface area is 152 Å². The average molecular weight is 346 g/mol. The first-order valence-corrected chi connectivity index (χ1v) is 8.84. The van der Waals surface area contributed by atoms with Crippen molar-refractivity contribution in [2.24, 2.45) is 7.05 Å². The van der Waals surface area contributed by atoms with E-state index in [4.69, 9.17) is 4.98 Å². The first-order valence-electron chi connectivity index (χ1n) is 8.84. The zero-order valence-electron chi connectivity index (χ0n) is 15.2. The predicted octanol–water partition coefficient (Wildman–Crippen LogP) is 4.04. The molecule has 0 unspecified atom stereocenters. The van der Waals surface area contributed by atoms with E-state index in [1.807, 2.05) is 60.3 Å². The Morgan fingerprint density at radius 2 is 1.85 bits per heavy atom. The van der Waals surface area contributed by atoms with Crippen LogP contribution in [0.4, 0.5) is 0 Å². The molecule has 0 bridgehead atoms. The van der Waals surface area contributed by atoms with Gasteiger partial charge in [0.15, 0.2) is 0 Å². The monoisotopic (exact) mass is 346 g/mol. The van der Waals surface area contributed by atoms with Crippen molar-refractivity contribution in [2.75, 3.05) is 0 Å². The molecule has 0 saturated heterocycles. The van der Waals surface area contributed by atoms with Crippen LogP contribution < -0.4 is 5.32 Å². The van der Waals surface area contributed by atoms with Crippen molar-refractivity contribution in [1.82, 2.24) is 19.4 Å². The van der Waals surface area contributed by atoms with Gasteiger partial charge in [-0.25, -0.2) is 4.98 Å². The van der Waals surface area contributed by atoms with E-state index in [2.05, 4.69) is 29.8 Å². The molecular formula is C21H22N4O. The molecule has 0 saturated carbocycles. The van der Waals surface area contributed by atoms with Gasteiger partial charge in [0.2, 0.25) is 0 Å². The number of para-hydroxylation sites is 2. The molecule has 0 radical (unpaired) electrons. The van der Waals surface area contributed by atoms with Crippen molar-refractivity contribution in [1.29, 1.82) is 0 Å². The molecule has 2 aromatic carbocycles. The fourth-order valence-corrected chi connectivity index (χ4v) is 3.55. The number of imidazole rings is 1. The van der Waals surface area contributed by atoms with Gasteiger partial charge in [-0.05, 0) is 44.2 Å². The first kappa shape index (κ1) is 16.4. The molecule has 1 amide bonds. The lowest BCUT2D eigenvalue weighted by Gasteiger charge is -2.13. The molecule has 132 valence electrons. The first-order chi connectivity index (χ1) is 12.6. The third-order valence-corrected chi connectivity index (χ3v) is 4.76. The summed E-state index contributed by atoms with van der Waals surface area (Å²) in [5.41, 5.74) is 3.79. The van der Waals surface area contributed by atoms with E-state index in [0.717, 1.165) is 27.8 Å². The number of aromatic nitrogens is 3. The summed E-state index contributed by atoms with van der Waals surface area (Å²) in [5, 5.41) is 4.00. The van der Waals surface area contributed by atoms with E-state index in [1.165, 1.54) is 0 Å². The number of aryl methyl sites for hydroxylation is 1. The van der Waals surface area contributed by atoms with E-state index in [-0.39, 0.29) is 11.9 Å². The highest BCUT2D eigenvalue weighted by Gasteiger charge is 2.15. The van der Waals surface area contributed by atoms with Crippen molar-refractivity contribution in [3.8, 4) is 0 Å². The zero-order valence-corrected chi connectivity index (χ0v) is 15.2. The van der Waals surface area contributed by atoms with Crippen LogP contribution in [-0.4, -0.2) is 20.0 Å². The number of rotatable bonds is 4. The molecule has 0 spiro atoms. The number of amides is 1. The second-order valence-corrected chi connectivity index (χ2v) is 6.83. The maximum absolute atomic E-state index is 12.8. The summed E-state index contributed by atoms with van der Waals surface area (Å²) in [4.78, 5) is 17.5. The predicted molar refractivity (Wildman–Crippen MR) is 104 cm³/mol. The molecule has 5 heteroatoms. The second-order valence-electron chi connectivity index (χ2n) is 6.83. The van der Waals surface area contributed by atoms with Crippen molar-refractivity contribution < 1.29 is 4.79 Å². The molecule has 26 heavy (non-hydrogen) atoms. The van der Waals surface area contributed by atoms with Crippen molar-refractivity contribution in [3.05, 3.63) is 66.1 Å². The zero-order chi connectivity index (χ0) is 18.3. The van der Waals surface area contributed by atoms with Gasteiger partial charge in [0.1, 0.15) is 5.82 Å². The highest BCUT2D eigenvalue weighted by atomic mass is 16.1. The third kappa shape index (κ3) is 2.65. The molecule has 0 atom stereocenters. The minimum absolute atomic E-state index is 0.0795. The Morgan fingerprint density at radius 1 is 1.08 bits per heavy atom. The largest absolute Gasteiger partial charge is 0.351 e. The number of benzene rings is 2. The van der Waals surface area contributed by atoms with Crippen LogP contribution in [0.25, 0.3) is 21.9 Å².